The van der Waals surface area contributed by atoms with Gasteiger partial charge in [-0.15, -0.1) is 0 Å². The molecule has 2 fully saturated rings. The number of rotatable bonds is 5. The highest BCUT2D eigenvalue weighted by Crippen LogP contribution is 2.32. The molecule has 1 saturated carbocycles. The van der Waals surface area contributed by atoms with Crippen LogP contribution in [-0.4, -0.2) is 55.0 Å². The first-order valence-electron chi connectivity index (χ1n) is 10.3. The zero-order valence-corrected chi connectivity index (χ0v) is 18.5. The van der Waals surface area contributed by atoms with Crippen LogP contribution in [0.4, 0.5) is 5.69 Å². The Morgan fingerprint density at radius 3 is 2.45 bits per heavy atom. The van der Waals surface area contributed by atoms with E-state index in [9.17, 15) is 18.0 Å². The number of aryl methyl sites for hydroxylation is 2. The molecule has 0 bridgehead atoms. The van der Waals surface area contributed by atoms with Gasteiger partial charge in [0.15, 0.2) is 0 Å². The minimum absolute atomic E-state index is 0.0552. The van der Waals surface area contributed by atoms with Gasteiger partial charge in [-0.25, -0.2) is 8.42 Å². The van der Waals surface area contributed by atoms with Crippen LogP contribution in [0.25, 0.3) is 0 Å². The molecule has 1 aliphatic heterocycles. The number of carbonyl (C=O) groups is 2. The van der Waals surface area contributed by atoms with Crippen molar-refractivity contribution in [3.05, 3.63) is 29.3 Å². The number of hydrogen-bond donors (Lipinski definition) is 1. The first-order chi connectivity index (χ1) is 13.6. The van der Waals surface area contributed by atoms with Crippen molar-refractivity contribution < 1.29 is 18.0 Å². The van der Waals surface area contributed by atoms with Crippen molar-refractivity contribution in [1.29, 1.82) is 0 Å². The number of piperazine rings is 1. The highest BCUT2D eigenvalue weighted by Gasteiger charge is 2.51. The van der Waals surface area contributed by atoms with Crippen molar-refractivity contribution in [2.45, 2.75) is 65.0 Å². The molecule has 0 radical (unpaired) electrons. The van der Waals surface area contributed by atoms with Gasteiger partial charge in [0.2, 0.25) is 21.8 Å². The third-order valence-electron chi connectivity index (χ3n) is 6.23. The van der Waals surface area contributed by atoms with Gasteiger partial charge in [0, 0.05) is 18.3 Å². The molecular formula is C21H31N3O4S. The van der Waals surface area contributed by atoms with Crippen molar-refractivity contribution >= 4 is 27.5 Å². The maximum absolute atomic E-state index is 13.4. The summed E-state index contributed by atoms with van der Waals surface area (Å²) in [7, 11) is -3.60. The summed E-state index contributed by atoms with van der Waals surface area (Å²) in [6.45, 7) is 6.85. The van der Waals surface area contributed by atoms with Crippen LogP contribution in [0.2, 0.25) is 0 Å². The standard InChI is InChI=1S/C21H31N3O4S/c1-5-29(27,28)23-13-19(25)24(18-11-10-15(2)16(3)12-18)21(4,14-23)20(26)22-17-8-6-7-9-17/h10-12,17H,5-9,13-14H2,1-4H3,(H,22,26). The fraction of sp³-hybridized carbons (Fsp3) is 0.619. The molecule has 1 atom stereocenters. The molecule has 1 aromatic rings. The minimum Gasteiger partial charge on any atom is -0.351 e. The molecule has 1 N–H and O–H groups in total. The predicted octanol–water partition coefficient (Wildman–Crippen LogP) is 2.12. The lowest BCUT2D eigenvalue weighted by atomic mass is 9.93. The Morgan fingerprint density at radius 1 is 1.21 bits per heavy atom. The Morgan fingerprint density at radius 2 is 1.86 bits per heavy atom. The van der Waals surface area contributed by atoms with Crippen LogP contribution in [0.1, 0.15) is 50.7 Å². The van der Waals surface area contributed by atoms with Gasteiger partial charge < -0.3 is 5.32 Å². The molecular weight excluding hydrogens is 390 g/mol. The Hall–Kier alpha value is -1.93. The molecule has 0 spiro atoms. The van der Waals surface area contributed by atoms with Crippen LogP contribution in [0.3, 0.4) is 0 Å². The zero-order valence-electron chi connectivity index (χ0n) is 17.7. The Labute approximate surface area is 173 Å². The Bertz CT molecular complexity index is 909. The number of sulfonamides is 1. The average Bonchev–Trinajstić information content (AvgIpc) is 3.17. The van der Waals surface area contributed by atoms with Crippen molar-refractivity contribution in [2.75, 3.05) is 23.7 Å². The maximum atomic E-state index is 13.4. The summed E-state index contributed by atoms with van der Waals surface area (Å²) in [6, 6.07) is 5.71. The van der Waals surface area contributed by atoms with Crippen LogP contribution >= 0.6 is 0 Å². The van der Waals surface area contributed by atoms with Crippen molar-refractivity contribution in [3.63, 3.8) is 0 Å². The van der Waals surface area contributed by atoms with Gasteiger partial charge in [0.05, 0.1) is 12.3 Å². The van der Waals surface area contributed by atoms with E-state index in [-0.39, 0.29) is 36.7 Å². The molecule has 29 heavy (non-hydrogen) atoms. The number of carbonyl (C=O) groups excluding carboxylic acids is 2. The summed E-state index contributed by atoms with van der Waals surface area (Å²) >= 11 is 0. The average molecular weight is 422 g/mol. The molecule has 2 amide bonds. The lowest BCUT2D eigenvalue weighted by Crippen LogP contribution is -2.70. The number of hydrogen-bond acceptors (Lipinski definition) is 4. The number of nitrogens with one attached hydrogen (secondary N) is 1. The van der Waals surface area contributed by atoms with E-state index in [1.165, 1.54) is 4.90 Å². The molecule has 3 rings (SSSR count). The summed E-state index contributed by atoms with van der Waals surface area (Å²) in [5.41, 5.74) is 1.40. The molecule has 160 valence electrons. The number of benzene rings is 1. The molecule has 1 aromatic carbocycles. The second-order valence-corrected chi connectivity index (χ2v) is 10.7. The van der Waals surface area contributed by atoms with Gasteiger partial charge in [-0.2, -0.15) is 4.31 Å². The van der Waals surface area contributed by atoms with E-state index < -0.39 is 15.6 Å². The van der Waals surface area contributed by atoms with Gasteiger partial charge in [-0.3, -0.25) is 14.5 Å². The van der Waals surface area contributed by atoms with E-state index in [2.05, 4.69) is 5.32 Å². The SMILES string of the molecule is CCS(=O)(=O)N1CC(=O)N(c2ccc(C)c(C)c2)C(C)(C(=O)NC2CCCC2)C1. The lowest BCUT2D eigenvalue weighted by Gasteiger charge is -2.47. The van der Waals surface area contributed by atoms with Gasteiger partial charge in [0.1, 0.15) is 5.54 Å². The summed E-state index contributed by atoms with van der Waals surface area (Å²) in [6.07, 6.45) is 3.96. The first-order valence-corrected chi connectivity index (χ1v) is 11.9. The second kappa shape index (κ2) is 8.07. The summed E-state index contributed by atoms with van der Waals surface area (Å²) in [5, 5.41) is 3.07. The molecule has 7 nitrogen and oxygen atoms in total. The van der Waals surface area contributed by atoms with E-state index >= 15 is 0 Å². The van der Waals surface area contributed by atoms with Crippen LogP contribution in [0, 0.1) is 13.8 Å². The van der Waals surface area contributed by atoms with Gasteiger partial charge >= 0.3 is 0 Å². The van der Waals surface area contributed by atoms with Crippen molar-refractivity contribution in [1.82, 2.24) is 9.62 Å². The highest BCUT2D eigenvalue weighted by atomic mass is 32.2. The van der Waals surface area contributed by atoms with E-state index in [1.807, 2.05) is 32.0 Å². The summed E-state index contributed by atoms with van der Waals surface area (Å²) in [4.78, 5) is 28.0. The number of anilines is 1. The van der Waals surface area contributed by atoms with Crippen LogP contribution in [0.5, 0.6) is 0 Å². The predicted molar refractivity (Wildman–Crippen MR) is 113 cm³/mol. The third-order valence-corrected chi connectivity index (χ3v) is 8.00. The molecule has 8 heteroatoms. The maximum Gasteiger partial charge on any atom is 0.247 e. The summed E-state index contributed by atoms with van der Waals surface area (Å²) < 4.78 is 26.2. The van der Waals surface area contributed by atoms with Gasteiger partial charge in [-0.05, 0) is 63.8 Å². The third kappa shape index (κ3) is 4.19. The topological polar surface area (TPSA) is 86.8 Å². The van der Waals surface area contributed by atoms with Crippen LogP contribution in [-0.2, 0) is 19.6 Å². The molecule has 2 aliphatic rings. The van der Waals surface area contributed by atoms with Gasteiger partial charge in [0.25, 0.3) is 0 Å². The largest absolute Gasteiger partial charge is 0.351 e. The summed E-state index contributed by atoms with van der Waals surface area (Å²) in [5.74, 6) is -0.794. The fourth-order valence-corrected chi connectivity index (χ4v) is 5.34. The lowest BCUT2D eigenvalue weighted by molar-refractivity contribution is -0.133. The molecule has 0 aromatic heterocycles. The molecule has 1 saturated heterocycles. The molecule has 1 aliphatic carbocycles. The molecule has 1 heterocycles. The van der Waals surface area contributed by atoms with Gasteiger partial charge in [-0.1, -0.05) is 18.9 Å². The van der Waals surface area contributed by atoms with E-state index in [0.29, 0.717) is 5.69 Å². The van der Waals surface area contributed by atoms with Crippen molar-refractivity contribution in [3.8, 4) is 0 Å². The van der Waals surface area contributed by atoms with E-state index in [0.717, 1.165) is 41.1 Å². The van der Waals surface area contributed by atoms with Crippen molar-refractivity contribution in [2.24, 2.45) is 0 Å². The normalized spacial score (nSPS) is 24.1. The zero-order chi connectivity index (χ0) is 21.4. The molecule has 1 unspecified atom stereocenters. The monoisotopic (exact) mass is 421 g/mol. The number of nitrogens with zero attached hydrogens (tertiary/aromatic N) is 2. The second-order valence-electron chi connectivity index (χ2n) is 8.40. The quantitative estimate of drug-likeness (QED) is 0.789. The smallest absolute Gasteiger partial charge is 0.247 e. The first kappa shape index (κ1) is 21.8. The Kier molecular flexibility index (Phi) is 6.06. The number of amides is 2. The fourth-order valence-electron chi connectivity index (χ4n) is 4.22. The van der Waals surface area contributed by atoms with E-state index in [1.54, 1.807) is 13.8 Å². The van der Waals surface area contributed by atoms with Crippen LogP contribution in [0.15, 0.2) is 18.2 Å². The van der Waals surface area contributed by atoms with Crippen LogP contribution < -0.4 is 10.2 Å². The Balaban J connectivity index is 2.02. The highest BCUT2D eigenvalue weighted by molar-refractivity contribution is 7.89. The van der Waals surface area contributed by atoms with E-state index in [4.69, 9.17) is 0 Å². The minimum atomic E-state index is -3.60.